The third kappa shape index (κ3) is 2.95. The lowest BCUT2D eigenvalue weighted by molar-refractivity contribution is 0.527. The predicted molar refractivity (Wildman–Crippen MR) is 67.4 cm³/mol. The van der Waals surface area contributed by atoms with Crippen LogP contribution in [-0.2, 0) is 0 Å². The third-order valence-electron chi connectivity index (χ3n) is 3.32. The maximum Gasteiger partial charge on any atom is 0.126 e. The van der Waals surface area contributed by atoms with E-state index in [4.69, 9.17) is 5.73 Å². The Bertz CT molecular complexity index is 338. The van der Waals surface area contributed by atoms with Crippen LogP contribution >= 0.6 is 0 Å². The monoisotopic (exact) mass is 219 g/mol. The van der Waals surface area contributed by atoms with Crippen LogP contribution < -0.4 is 11.1 Å². The van der Waals surface area contributed by atoms with Crippen LogP contribution in [0.5, 0.6) is 0 Å². The normalized spacial score (nSPS) is 26.1. The molecule has 3 heteroatoms. The molecule has 1 saturated carbocycles. The maximum atomic E-state index is 6.17. The zero-order valence-electron chi connectivity index (χ0n) is 9.95. The van der Waals surface area contributed by atoms with Crippen molar-refractivity contribution in [2.75, 3.05) is 5.32 Å². The lowest BCUT2D eigenvalue weighted by Gasteiger charge is -2.23. The molecule has 1 fully saturated rings. The summed E-state index contributed by atoms with van der Waals surface area (Å²) >= 11 is 0. The SMILES string of the molecule is Cc1ccnc(NC2CCCCCC2N)c1. The predicted octanol–water partition coefficient (Wildman–Crippen LogP) is 2.46. The summed E-state index contributed by atoms with van der Waals surface area (Å²) in [6.45, 7) is 2.08. The van der Waals surface area contributed by atoms with Crippen molar-refractivity contribution in [1.82, 2.24) is 4.98 Å². The van der Waals surface area contributed by atoms with Gasteiger partial charge in [-0.3, -0.25) is 0 Å². The van der Waals surface area contributed by atoms with Gasteiger partial charge in [-0.25, -0.2) is 4.98 Å². The number of nitrogens with two attached hydrogens (primary N) is 1. The summed E-state index contributed by atoms with van der Waals surface area (Å²) in [7, 11) is 0. The standard InChI is InChI=1S/C13H21N3/c1-10-7-8-15-13(9-10)16-12-6-4-2-3-5-11(12)14/h7-9,11-12H,2-6,14H2,1H3,(H,15,16). The van der Waals surface area contributed by atoms with Gasteiger partial charge in [0.25, 0.3) is 0 Å². The summed E-state index contributed by atoms with van der Waals surface area (Å²) in [4.78, 5) is 4.33. The molecule has 88 valence electrons. The second kappa shape index (κ2) is 5.30. The van der Waals surface area contributed by atoms with Gasteiger partial charge in [-0.15, -0.1) is 0 Å². The Hall–Kier alpha value is -1.09. The van der Waals surface area contributed by atoms with Crippen molar-refractivity contribution in [2.24, 2.45) is 5.73 Å². The molecular formula is C13H21N3. The molecule has 2 rings (SSSR count). The molecule has 1 heterocycles. The average Bonchev–Trinajstić information content (AvgIpc) is 2.45. The van der Waals surface area contributed by atoms with Gasteiger partial charge in [-0.2, -0.15) is 0 Å². The molecular weight excluding hydrogens is 198 g/mol. The van der Waals surface area contributed by atoms with Crippen LogP contribution in [0.3, 0.4) is 0 Å². The Morgan fingerprint density at radius 1 is 1.31 bits per heavy atom. The fourth-order valence-corrected chi connectivity index (χ4v) is 2.32. The second-order valence-electron chi connectivity index (χ2n) is 4.77. The number of anilines is 1. The van der Waals surface area contributed by atoms with E-state index < -0.39 is 0 Å². The first kappa shape index (κ1) is 11.4. The van der Waals surface area contributed by atoms with Crippen LogP contribution in [0, 0.1) is 6.92 Å². The highest BCUT2D eigenvalue weighted by Gasteiger charge is 2.20. The number of nitrogens with one attached hydrogen (secondary N) is 1. The molecule has 1 aliphatic carbocycles. The van der Waals surface area contributed by atoms with Gasteiger partial charge in [0, 0.05) is 18.3 Å². The Morgan fingerprint density at radius 2 is 2.12 bits per heavy atom. The van der Waals surface area contributed by atoms with Crippen LogP contribution in [0.25, 0.3) is 0 Å². The largest absolute Gasteiger partial charge is 0.366 e. The van der Waals surface area contributed by atoms with Crippen LogP contribution in [-0.4, -0.2) is 17.1 Å². The van der Waals surface area contributed by atoms with Gasteiger partial charge >= 0.3 is 0 Å². The molecule has 1 aliphatic rings. The molecule has 0 aromatic carbocycles. The summed E-state index contributed by atoms with van der Waals surface area (Å²) in [5.74, 6) is 0.961. The highest BCUT2D eigenvalue weighted by molar-refractivity contribution is 5.38. The second-order valence-corrected chi connectivity index (χ2v) is 4.77. The summed E-state index contributed by atoms with van der Waals surface area (Å²) < 4.78 is 0. The highest BCUT2D eigenvalue weighted by atomic mass is 15.0. The van der Waals surface area contributed by atoms with E-state index >= 15 is 0 Å². The zero-order chi connectivity index (χ0) is 11.4. The van der Waals surface area contributed by atoms with E-state index in [2.05, 4.69) is 23.3 Å². The van der Waals surface area contributed by atoms with E-state index in [9.17, 15) is 0 Å². The minimum Gasteiger partial charge on any atom is -0.366 e. The number of pyridine rings is 1. The van der Waals surface area contributed by atoms with E-state index in [1.807, 2.05) is 12.3 Å². The molecule has 0 bridgehead atoms. The minimum absolute atomic E-state index is 0.268. The highest BCUT2D eigenvalue weighted by Crippen LogP contribution is 2.20. The van der Waals surface area contributed by atoms with Crippen molar-refractivity contribution in [2.45, 2.75) is 51.1 Å². The molecule has 2 unspecified atom stereocenters. The summed E-state index contributed by atoms with van der Waals surface area (Å²) in [5.41, 5.74) is 7.41. The molecule has 0 aliphatic heterocycles. The lowest BCUT2D eigenvalue weighted by atomic mass is 10.0. The minimum atomic E-state index is 0.268. The Kier molecular flexibility index (Phi) is 3.78. The van der Waals surface area contributed by atoms with Gasteiger partial charge in [0.2, 0.25) is 0 Å². The Balaban J connectivity index is 2.02. The first-order valence-electron chi connectivity index (χ1n) is 6.20. The summed E-state index contributed by atoms with van der Waals surface area (Å²) in [5, 5.41) is 3.48. The molecule has 1 aromatic rings. The van der Waals surface area contributed by atoms with Crippen molar-refractivity contribution in [3.05, 3.63) is 23.9 Å². The van der Waals surface area contributed by atoms with Gasteiger partial charge in [0.05, 0.1) is 0 Å². The summed E-state index contributed by atoms with van der Waals surface area (Å²) in [6.07, 6.45) is 7.99. The molecule has 3 N–H and O–H groups in total. The van der Waals surface area contributed by atoms with E-state index in [0.29, 0.717) is 6.04 Å². The average molecular weight is 219 g/mol. The van der Waals surface area contributed by atoms with Crippen LogP contribution in [0.4, 0.5) is 5.82 Å². The zero-order valence-corrected chi connectivity index (χ0v) is 9.95. The van der Waals surface area contributed by atoms with Crippen LogP contribution in [0.1, 0.15) is 37.7 Å². The van der Waals surface area contributed by atoms with Gasteiger partial charge in [-0.1, -0.05) is 19.3 Å². The Morgan fingerprint density at radius 3 is 2.94 bits per heavy atom. The molecule has 2 atom stereocenters. The molecule has 0 saturated heterocycles. The molecule has 0 radical (unpaired) electrons. The van der Waals surface area contributed by atoms with Gasteiger partial charge in [0.15, 0.2) is 0 Å². The quantitative estimate of drug-likeness (QED) is 0.751. The fourth-order valence-electron chi connectivity index (χ4n) is 2.32. The maximum absolute atomic E-state index is 6.17. The molecule has 0 spiro atoms. The molecule has 16 heavy (non-hydrogen) atoms. The van der Waals surface area contributed by atoms with Crippen LogP contribution in [0.15, 0.2) is 18.3 Å². The van der Waals surface area contributed by atoms with Crippen molar-refractivity contribution < 1.29 is 0 Å². The van der Waals surface area contributed by atoms with Crippen molar-refractivity contribution in [3.63, 3.8) is 0 Å². The molecule has 3 nitrogen and oxygen atoms in total. The lowest BCUT2D eigenvalue weighted by Crippen LogP contribution is -2.39. The number of nitrogens with zero attached hydrogens (tertiary/aromatic N) is 1. The van der Waals surface area contributed by atoms with Crippen molar-refractivity contribution >= 4 is 5.82 Å². The smallest absolute Gasteiger partial charge is 0.126 e. The van der Waals surface area contributed by atoms with E-state index in [1.54, 1.807) is 0 Å². The fraction of sp³-hybridized carbons (Fsp3) is 0.615. The van der Waals surface area contributed by atoms with Crippen LogP contribution in [0.2, 0.25) is 0 Å². The summed E-state index contributed by atoms with van der Waals surface area (Å²) in [6, 6.07) is 4.75. The molecule has 0 amide bonds. The number of aryl methyl sites for hydroxylation is 1. The third-order valence-corrected chi connectivity index (χ3v) is 3.32. The number of hydrogen-bond acceptors (Lipinski definition) is 3. The van der Waals surface area contributed by atoms with Gasteiger partial charge in [0.1, 0.15) is 5.82 Å². The van der Waals surface area contributed by atoms with Crippen molar-refractivity contribution in [3.8, 4) is 0 Å². The number of aromatic nitrogens is 1. The van der Waals surface area contributed by atoms with E-state index in [0.717, 1.165) is 18.7 Å². The van der Waals surface area contributed by atoms with Crippen molar-refractivity contribution in [1.29, 1.82) is 0 Å². The topological polar surface area (TPSA) is 50.9 Å². The number of hydrogen-bond donors (Lipinski definition) is 2. The first-order chi connectivity index (χ1) is 7.75. The first-order valence-corrected chi connectivity index (χ1v) is 6.20. The molecule has 1 aromatic heterocycles. The Labute approximate surface area is 97.5 Å². The van der Waals surface area contributed by atoms with E-state index in [1.165, 1.54) is 24.8 Å². The van der Waals surface area contributed by atoms with Gasteiger partial charge in [-0.05, 0) is 37.5 Å². The van der Waals surface area contributed by atoms with E-state index in [-0.39, 0.29) is 6.04 Å². The number of rotatable bonds is 2. The van der Waals surface area contributed by atoms with Gasteiger partial charge < -0.3 is 11.1 Å².